The Bertz CT molecular complexity index is 849. The molecule has 2 N–H and O–H groups in total. The molecule has 1 saturated heterocycles. The van der Waals surface area contributed by atoms with Crippen LogP contribution in [0, 0.1) is 11.6 Å². The first-order valence-corrected chi connectivity index (χ1v) is 10.5. The molecule has 27 heavy (non-hydrogen) atoms. The summed E-state index contributed by atoms with van der Waals surface area (Å²) in [5, 5.41) is 0. The molecule has 2 aromatic carbocycles. The zero-order chi connectivity index (χ0) is 19.1. The summed E-state index contributed by atoms with van der Waals surface area (Å²) in [6.45, 7) is 1.95. The second kappa shape index (κ2) is 7.48. The molecule has 0 aliphatic carbocycles. The first-order valence-electron chi connectivity index (χ1n) is 8.94. The van der Waals surface area contributed by atoms with E-state index in [1.807, 2.05) is 18.2 Å². The van der Waals surface area contributed by atoms with Gasteiger partial charge in [-0.2, -0.15) is 0 Å². The van der Waals surface area contributed by atoms with Gasteiger partial charge in [0.05, 0.1) is 6.61 Å². The molecule has 0 saturated carbocycles. The lowest BCUT2D eigenvalue weighted by atomic mass is 9.93. The van der Waals surface area contributed by atoms with Gasteiger partial charge in [-0.25, -0.2) is 8.78 Å². The first-order chi connectivity index (χ1) is 12.9. The number of hydrogen-bond donors (Lipinski definition) is 1. The summed E-state index contributed by atoms with van der Waals surface area (Å²) in [4.78, 5) is 3.11. The van der Waals surface area contributed by atoms with Gasteiger partial charge < -0.3 is 15.0 Å². The lowest BCUT2D eigenvalue weighted by molar-refractivity contribution is -0.0531. The third kappa shape index (κ3) is 3.75. The predicted molar refractivity (Wildman–Crippen MR) is 99.5 cm³/mol. The topological polar surface area (TPSA) is 61.5 Å². The fourth-order valence-corrected chi connectivity index (χ4v) is 4.55. The van der Waals surface area contributed by atoms with E-state index in [4.69, 9.17) is 10.5 Å². The van der Waals surface area contributed by atoms with Gasteiger partial charge in [-0.1, -0.05) is 6.07 Å². The number of halogens is 2. The maximum atomic E-state index is 14.1. The Labute approximate surface area is 160 Å². The highest BCUT2D eigenvalue weighted by Crippen LogP contribution is 2.34. The average molecular weight is 392 g/mol. The van der Waals surface area contributed by atoms with Crippen molar-refractivity contribution in [3.8, 4) is 0 Å². The molecule has 4 atom stereocenters. The van der Waals surface area contributed by atoms with Crippen molar-refractivity contribution < 1.29 is 18.1 Å². The van der Waals surface area contributed by atoms with Crippen LogP contribution in [0.5, 0.6) is 0 Å². The van der Waals surface area contributed by atoms with Crippen LogP contribution < -0.4 is 5.73 Å². The largest absolute Gasteiger partial charge is 0.612 e. The molecule has 0 amide bonds. The minimum atomic E-state index is -1.00. The molecule has 2 unspecified atom stereocenters. The molecule has 0 bridgehead atoms. The summed E-state index contributed by atoms with van der Waals surface area (Å²) in [7, 11) is 0. The normalized spacial score (nSPS) is 26.8. The van der Waals surface area contributed by atoms with Crippen molar-refractivity contribution in [1.29, 1.82) is 0 Å². The van der Waals surface area contributed by atoms with Crippen molar-refractivity contribution in [2.45, 2.75) is 42.6 Å². The highest BCUT2D eigenvalue weighted by Gasteiger charge is 2.36. The van der Waals surface area contributed by atoms with Crippen LogP contribution in [0.2, 0.25) is 0 Å². The van der Waals surface area contributed by atoms with Crippen LogP contribution in [0.15, 0.2) is 41.3 Å². The van der Waals surface area contributed by atoms with Crippen molar-refractivity contribution in [1.82, 2.24) is 4.90 Å². The number of ether oxygens (including phenoxy) is 1. The Balaban J connectivity index is 1.45. The van der Waals surface area contributed by atoms with Crippen LogP contribution in [-0.2, 0) is 29.0 Å². The third-order valence-corrected chi connectivity index (χ3v) is 6.36. The quantitative estimate of drug-likeness (QED) is 0.816. The van der Waals surface area contributed by atoms with Gasteiger partial charge in [-0.3, -0.25) is 4.90 Å². The smallest absolute Gasteiger partial charge is 0.152 e. The number of fused-ring (bicyclic) bond motifs is 1. The standard InChI is InChI=1S/C20H22F2N2O2S/c1-27(25)16-4-2-12-9-24(10-13(12)6-16)15-8-19(23)20(26-11-15)17-7-14(21)3-5-18(17)22/h2-7,15,19-20H,8-11,23H2,1H3/t15-,19?,20-,27?/m1/s1. The monoisotopic (exact) mass is 392 g/mol. The van der Waals surface area contributed by atoms with Crippen molar-refractivity contribution in [3.63, 3.8) is 0 Å². The van der Waals surface area contributed by atoms with Crippen molar-refractivity contribution in [2.24, 2.45) is 5.73 Å². The van der Waals surface area contributed by atoms with E-state index in [1.165, 1.54) is 11.1 Å². The van der Waals surface area contributed by atoms with E-state index in [-0.39, 0.29) is 11.6 Å². The van der Waals surface area contributed by atoms with Gasteiger partial charge >= 0.3 is 0 Å². The van der Waals surface area contributed by atoms with Crippen LogP contribution in [0.4, 0.5) is 8.78 Å². The van der Waals surface area contributed by atoms with Crippen LogP contribution in [0.25, 0.3) is 0 Å². The summed E-state index contributed by atoms with van der Waals surface area (Å²) in [5.74, 6) is -0.993. The molecule has 2 heterocycles. The van der Waals surface area contributed by atoms with Gasteiger partial charge in [0.2, 0.25) is 0 Å². The van der Waals surface area contributed by atoms with Crippen LogP contribution in [0.3, 0.4) is 0 Å². The van der Waals surface area contributed by atoms with Crippen LogP contribution >= 0.6 is 0 Å². The zero-order valence-corrected chi connectivity index (χ0v) is 15.8. The van der Waals surface area contributed by atoms with Crippen LogP contribution in [0.1, 0.15) is 29.2 Å². The fraction of sp³-hybridized carbons (Fsp3) is 0.400. The van der Waals surface area contributed by atoms with Gasteiger partial charge in [0.25, 0.3) is 0 Å². The molecule has 0 aromatic heterocycles. The molecule has 4 rings (SSSR count). The summed E-state index contributed by atoms with van der Waals surface area (Å²) in [6.07, 6.45) is 1.67. The molecular formula is C20H22F2N2O2S. The van der Waals surface area contributed by atoms with Gasteiger partial charge in [0.15, 0.2) is 4.90 Å². The Hall–Kier alpha value is -1.51. The van der Waals surface area contributed by atoms with Crippen molar-refractivity contribution in [2.75, 3.05) is 12.9 Å². The minimum absolute atomic E-state index is 0.107. The van der Waals surface area contributed by atoms with Gasteiger partial charge in [0, 0.05) is 30.7 Å². The van der Waals surface area contributed by atoms with Crippen LogP contribution in [-0.4, -0.2) is 34.4 Å². The summed E-state index contributed by atoms with van der Waals surface area (Å²) in [5.41, 5.74) is 8.85. The van der Waals surface area contributed by atoms with Gasteiger partial charge in [0.1, 0.15) is 24.0 Å². The molecule has 144 valence electrons. The predicted octanol–water partition coefficient (Wildman–Crippen LogP) is 2.88. The molecular weight excluding hydrogens is 370 g/mol. The molecule has 4 nitrogen and oxygen atoms in total. The fourth-order valence-electron chi connectivity index (χ4n) is 3.99. The van der Waals surface area contributed by atoms with Gasteiger partial charge in [-0.15, -0.1) is 0 Å². The highest BCUT2D eigenvalue weighted by atomic mass is 32.2. The number of rotatable bonds is 3. The molecule has 2 aliphatic rings. The second-order valence-corrected chi connectivity index (χ2v) is 8.64. The maximum Gasteiger partial charge on any atom is 0.152 e. The second-order valence-electron chi connectivity index (χ2n) is 7.26. The van der Waals surface area contributed by atoms with E-state index in [0.29, 0.717) is 13.0 Å². The SMILES string of the molecule is C[S+]([O-])c1ccc2c(c1)CN([C@H]1CO[C@H](c3cc(F)ccc3F)C(N)C1)C2. The third-order valence-electron chi connectivity index (χ3n) is 5.44. The Morgan fingerprint density at radius 3 is 2.67 bits per heavy atom. The molecule has 0 spiro atoms. The molecule has 0 radical (unpaired) electrons. The Morgan fingerprint density at radius 2 is 1.93 bits per heavy atom. The summed E-state index contributed by atoms with van der Waals surface area (Å²) >= 11 is -1.00. The van der Waals surface area contributed by atoms with E-state index in [1.54, 1.807) is 6.26 Å². The average Bonchev–Trinajstić information content (AvgIpc) is 3.07. The first kappa shape index (κ1) is 18.8. The lowest BCUT2D eigenvalue weighted by Crippen LogP contribution is -2.47. The number of nitrogens with two attached hydrogens (primary N) is 1. The number of benzene rings is 2. The van der Waals surface area contributed by atoms with E-state index in [9.17, 15) is 13.3 Å². The zero-order valence-electron chi connectivity index (χ0n) is 15.0. The Kier molecular flexibility index (Phi) is 5.22. The van der Waals surface area contributed by atoms with Gasteiger partial charge in [-0.05, 0) is 59.1 Å². The van der Waals surface area contributed by atoms with E-state index >= 15 is 0 Å². The number of nitrogens with zero attached hydrogens (tertiary/aromatic N) is 1. The lowest BCUT2D eigenvalue weighted by Gasteiger charge is -2.38. The van der Waals surface area contributed by atoms with E-state index < -0.39 is 35.0 Å². The van der Waals surface area contributed by atoms with Crippen molar-refractivity contribution >= 4 is 11.2 Å². The maximum absolute atomic E-state index is 14.1. The number of hydrogen-bond acceptors (Lipinski definition) is 4. The molecule has 1 fully saturated rings. The summed E-state index contributed by atoms with van der Waals surface area (Å²) in [6, 6.07) is 9.00. The molecule has 2 aliphatic heterocycles. The Morgan fingerprint density at radius 1 is 1.15 bits per heavy atom. The summed E-state index contributed by atoms with van der Waals surface area (Å²) < 4.78 is 45.1. The van der Waals surface area contributed by atoms with E-state index in [2.05, 4.69) is 4.90 Å². The molecule has 7 heteroatoms. The van der Waals surface area contributed by atoms with Crippen molar-refractivity contribution in [3.05, 3.63) is 64.7 Å². The molecule has 2 aromatic rings. The van der Waals surface area contributed by atoms with E-state index in [0.717, 1.165) is 36.2 Å². The highest BCUT2D eigenvalue weighted by molar-refractivity contribution is 7.90. The minimum Gasteiger partial charge on any atom is -0.612 e.